The number of nitrogens with zero attached hydrogens (tertiary/aromatic N) is 1. The fourth-order valence-corrected chi connectivity index (χ4v) is 1.37. The second-order valence-electron chi connectivity index (χ2n) is 2.46. The Bertz CT molecular complexity index is 397. The third-order valence-electron chi connectivity index (χ3n) is 1.41. The lowest BCUT2D eigenvalue weighted by molar-refractivity contribution is 0.0980. The molecule has 1 N–H and O–H groups in total. The summed E-state index contributed by atoms with van der Waals surface area (Å²) < 4.78 is 22.0. The predicted molar refractivity (Wildman–Crippen MR) is 50.4 cm³/mol. The van der Waals surface area contributed by atoms with E-state index in [9.17, 15) is 13.6 Å². The first kappa shape index (κ1) is 11.1. The smallest absolute Gasteiger partial charge is 0.265 e. The van der Waals surface area contributed by atoms with Crippen LogP contribution in [0.15, 0.2) is 12.1 Å². The van der Waals surface area contributed by atoms with E-state index in [1.165, 1.54) is 6.07 Å². The predicted octanol–water partition coefficient (Wildman–Crippen LogP) is 0.567. The number of amides is 1. The van der Waals surface area contributed by atoms with Crippen LogP contribution in [0.2, 0.25) is 5.15 Å². The van der Waals surface area contributed by atoms with Crippen molar-refractivity contribution in [1.82, 2.24) is 9.71 Å². The molecule has 5 nitrogen and oxygen atoms in total. The molecule has 0 aromatic carbocycles. The maximum Gasteiger partial charge on any atom is 0.265 e. The van der Waals surface area contributed by atoms with Gasteiger partial charge in [0.2, 0.25) is 0 Å². The maximum absolute atomic E-state index is 11.2. The fraction of sp³-hybridized carbons (Fsp3) is 0.143. The SMILES string of the molecule is Cc1ccc(C(=O)NS(=O)[O-])c(Cl)n1. The van der Waals surface area contributed by atoms with Crippen LogP contribution < -0.4 is 4.72 Å². The van der Waals surface area contributed by atoms with Gasteiger partial charge in [-0.05, 0) is 19.1 Å². The molecular formula is C7H6ClN2O3S-. The summed E-state index contributed by atoms with van der Waals surface area (Å²) in [6.07, 6.45) is 0. The van der Waals surface area contributed by atoms with Gasteiger partial charge in [0.15, 0.2) is 0 Å². The summed E-state index contributed by atoms with van der Waals surface area (Å²) >= 11 is 2.99. The number of rotatable bonds is 2. The molecule has 1 unspecified atom stereocenters. The van der Waals surface area contributed by atoms with E-state index in [4.69, 9.17) is 11.6 Å². The molecule has 1 aromatic rings. The Kier molecular flexibility index (Phi) is 3.56. The van der Waals surface area contributed by atoms with E-state index in [2.05, 4.69) is 4.98 Å². The minimum absolute atomic E-state index is 0.0204. The molecule has 1 rings (SSSR count). The first-order valence-electron chi connectivity index (χ1n) is 3.54. The number of aryl methyl sites for hydroxylation is 1. The van der Waals surface area contributed by atoms with E-state index in [1.54, 1.807) is 17.7 Å². The average molecular weight is 234 g/mol. The number of halogens is 1. The Morgan fingerprint density at radius 2 is 2.29 bits per heavy atom. The third kappa shape index (κ3) is 2.76. The molecule has 7 heteroatoms. The van der Waals surface area contributed by atoms with E-state index in [0.29, 0.717) is 5.69 Å². The monoisotopic (exact) mass is 233 g/mol. The first-order valence-corrected chi connectivity index (χ1v) is 4.99. The Morgan fingerprint density at radius 1 is 1.64 bits per heavy atom. The van der Waals surface area contributed by atoms with Crippen LogP contribution in [0, 0.1) is 6.92 Å². The molecule has 14 heavy (non-hydrogen) atoms. The number of carbonyl (C=O) groups is 1. The minimum atomic E-state index is -2.65. The second kappa shape index (κ2) is 4.50. The summed E-state index contributed by atoms with van der Waals surface area (Å²) in [4.78, 5) is 15.0. The summed E-state index contributed by atoms with van der Waals surface area (Å²) in [5, 5.41) is -0.0204. The molecule has 0 aliphatic carbocycles. The summed E-state index contributed by atoms with van der Waals surface area (Å²) in [5.41, 5.74) is 0.677. The van der Waals surface area contributed by atoms with E-state index in [-0.39, 0.29) is 10.7 Å². The minimum Gasteiger partial charge on any atom is -0.755 e. The largest absolute Gasteiger partial charge is 0.755 e. The standard InChI is InChI=1S/C7H7ClN2O3S/c1-4-2-3-5(6(8)9-4)7(11)10-14(12)13/h2-3H,1H3,(H,10,11)(H,12,13)/p-1. The quantitative estimate of drug-likeness (QED) is 0.598. The third-order valence-corrected chi connectivity index (χ3v) is 2.05. The molecule has 0 aliphatic rings. The van der Waals surface area contributed by atoms with Crippen LogP contribution in [-0.2, 0) is 11.3 Å². The van der Waals surface area contributed by atoms with Gasteiger partial charge in [0, 0.05) is 17.0 Å². The van der Waals surface area contributed by atoms with Gasteiger partial charge >= 0.3 is 0 Å². The van der Waals surface area contributed by atoms with Gasteiger partial charge in [-0.1, -0.05) is 11.6 Å². The van der Waals surface area contributed by atoms with Crippen LogP contribution in [0.4, 0.5) is 0 Å². The van der Waals surface area contributed by atoms with Gasteiger partial charge in [-0.25, -0.2) is 4.98 Å². The zero-order valence-electron chi connectivity index (χ0n) is 7.11. The number of pyridine rings is 1. The molecule has 0 spiro atoms. The van der Waals surface area contributed by atoms with Gasteiger partial charge in [-0.2, -0.15) is 0 Å². The molecule has 0 aliphatic heterocycles. The number of hydrogen-bond donors (Lipinski definition) is 1. The number of hydrogen-bond acceptors (Lipinski definition) is 4. The van der Waals surface area contributed by atoms with E-state index >= 15 is 0 Å². The van der Waals surface area contributed by atoms with Crippen LogP contribution in [0.5, 0.6) is 0 Å². The Labute approximate surface area is 87.9 Å². The molecule has 0 fully saturated rings. The number of aromatic nitrogens is 1. The van der Waals surface area contributed by atoms with Gasteiger partial charge in [0.05, 0.1) is 5.56 Å². The van der Waals surface area contributed by atoms with Gasteiger partial charge < -0.3 is 4.55 Å². The molecule has 1 atom stereocenters. The van der Waals surface area contributed by atoms with Gasteiger partial charge in [-0.3, -0.25) is 13.7 Å². The second-order valence-corrected chi connectivity index (χ2v) is 3.49. The fourth-order valence-electron chi connectivity index (χ4n) is 0.825. The highest BCUT2D eigenvalue weighted by Gasteiger charge is 2.10. The molecule has 0 radical (unpaired) electrons. The Balaban J connectivity index is 2.96. The topological polar surface area (TPSA) is 82.1 Å². The van der Waals surface area contributed by atoms with Crippen LogP contribution in [-0.4, -0.2) is 19.7 Å². The van der Waals surface area contributed by atoms with Crippen molar-refractivity contribution in [2.45, 2.75) is 6.92 Å². The van der Waals surface area contributed by atoms with Crippen LogP contribution in [0.1, 0.15) is 16.1 Å². The van der Waals surface area contributed by atoms with Crippen molar-refractivity contribution >= 4 is 28.8 Å². The van der Waals surface area contributed by atoms with E-state index in [0.717, 1.165) is 0 Å². The lowest BCUT2D eigenvalue weighted by Crippen LogP contribution is -2.25. The van der Waals surface area contributed by atoms with Crippen LogP contribution in [0.3, 0.4) is 0 Å². The zero-order chi connectivity index (χ0) is 10.7. The number of nitrogens with one attached hydrogen (secondary N) is 1. The van der Waals surface area contributed by atoms with Crippen molar-refractivity contribution in [2.75, 3.05) is 0 Å². The summed E-state index contributed by atoms with van der Waals surface area (Å²) in [7, 11) is 0. The first-order chi connectivity index (χ1) is 6.50. The molecule has 1 heterocycles. The highest BCUT2D eigenvalue weighted by Crippen LogP contribution is 2.13. The van der Waals surface area contributed by atoms with E-state index < -0.39 is 17.2 Å². The van der Waals surface area contributed by atoms with E-state index in [1.807, 2.05) is 0 Å². The maximum atomic E-state index is 11.2. The van der Waals surface area contributed by atoms with Gasteiger partial charge in [0.1, 0.15) is 5.15 Å². The van der Waals surface area contributed by atoms with Gasteiger partial charge in [-0.15, -0.1) is 0 Å². The molecule has 0 bridgehead atoms. The van der Waals surface area contributed by atoms with Crippen molar-refractivity contribution in [3.05, 3.63) is 28.5 Å². The number of carbonyl (C=O) groups excluding carboxylic acids is 1. The van der Waals surface area contributed by atoms with Crippen LogP contribution in [0.25, 0.3) is 0 Å². The lowest BCUT2D eigenvalue weighted by atomic mass is 10.2. The summed E-state index contributed by atoms with van der Waals surface area (Å²) in [6, 6.07) is 2.97. The summed E-state index contributed by atoms with van der Waals surface area (Å²) in [6.45, 7) is 1.71. The summed E-state index contributed by atoms with van der Waals surface area (Å²) in [5.74, 6) is -0.796. The molecule has 0 saturated carbocycles. The zero-order valence-corrected chi connectivity index (χ0v) is 8.69. The van der Waals surface area contributed by atoms with Crippen molar-refractivity contribution < 1.29 is 13.6 Å². The van der Waals surface area contributed by atoms with Crippen LogP contribution >= 0.6 is 11.6 Å². The molecule has 0 saturated heterocycles. The van der Waals surface area contributed by atoms with Crippen molar-refractivity contribution in [2.24, 2.45) is 0 Å². The Morgan fingerprint density at radius 3 is 2.79 bits per heavy atom. The normalized spacial score (nSPS) is 12.2. The average Bonchev–Trinajstić information content (AvgIpc) is 2.01. The van der Waals surface area contributed by atoms with Crippen molar-refractivity contribution in [3.8, 4) is 0 Å². The highest BCUT2D eigenvalue weighted by atomic mass is 35.5. The molecule has 1 aromatic heterocycles. The Hall–Kier alpha value is -0.980. The van der Waals surface area contributed by atoms with Crippen molar-refractivity contribution in [1.29, 1.82) is 0 Å². The highest BCUT2D eigenvalue weighted by molar-refractivity contribution is 7.77. The molecule has 76 valence electrons. The van der Waals surface area contributed by atoms with Crippen molar-refractivity contribution in [3.63, 3.8) is 0 Å². The lowest BCUT2D eigenvalue weighted by Gasteiger charge is -2.07. The molecule has 1 amide bonds. The van der Waals surface area contributed by atoms with Gasteiger partial charge in [0.25, 0.3) is 5.91 Å². The molecular weight excluding hydrogens is 228 g/mol.